The highest BCUT2D eigenvalue weighted by molar-refractivity contribution is 5.27. The Balaban J connectivity index is 2.83. The standard InChI is InChI=1S/C12H16N2O/c1-14(2)12(8-13)11-6-4-10(5-7-11)9-15-3/h4-7,12H,9H2,1-3H3. The fraction of sp³-hybridized carbons (Fsp3) is 0.417. The lowest BCUT2D eigenvalue weighted by atomic mass is 10.1. The molecule has 1 aromatic rings. The van der Waals surface area contributed by atoms with Crippen LogP contribution in [-0.4, -0.2) is 26.1 Å². The second-order valence-corrected chi connectivity index (χ2v) is 3.67. The molecule has 3 heteroatoms. The number of benzene rings is 1. The van der Waals surface area contributed by atoms with E-state index in [9.17, 15) is 0 Å². The van der Waals surface area contributed by atoms with Crippen molar-refractivity contribution in [2.75, 3.05) is 21.2 Å². The quantitative estimate of drug-likeness (QED) is 0.752. The lowest BCUT2D eigenvalue weighted by molar-refractivity contribution is 0.185. The normalized spacial score (nSPS) is 12.5. The summed E-state index contributed by atoms with van der Waals surface area (Å²) in [6.07, 6.45) is 0. The van der Waals surface area contributed by atoms with Gasteiger partial charge in [0.25, 0.3) is 0 Å². The van der Waals surface area contributed by atoms with Crippen LogP contribution in [0.4, 0.5) is 0 Å². The molecule has 0 N–H and O–H groups in total. The Hall–Kier alpha value is -1.37. The molecule has 1 rings (SSSR count). The minimum atomic E-state index is -0.179. The van der Waals surface area contributed by atoms with Gasteiger partial charge < -0.3 is 4.74 Å². The van der Waals surface area contributed by atoms with E-state index in [0.29, 0.717) is 6.61 Å². The minimum Gasteiger partial charge on any atom is -0.380 e. The molecule has 0 amide bonds. The minimum absolute atomic E-state index is 0.179. The van der Waals surface area contributed by atoms with Crippen LogP contribution < -0.4 is 0 Å². The molecule has 1 unspecified atom stereocenters. The van der Waals surface area contributed by atoms with Gasteiger partial charge in [-0.25, -0.2) is 0 Å². The monoisotopic (exact) mass is 204 g/mol. The summed E-state index contributed by atoms with van der Waals surface area (Å²) in [4.78, 5) is 1.89. The molecule has 0 aliphatic carbocycles. The average molecular weight is 204 g/mol. The Kier molecular flexibility index (Phi) is 4.29. The molecule has 0 bridgehead atoms. The number of methoxy groups -OCH3 is 1. The molecule has 0 saturated carbocycles. The Morgan fingerprint density at radius 1 is 1.33 bits per heavy atom. The third kappa shape index (κ3) is 3.05. The molecule has 0 fully saturated rings. The van der Waals surface area contributed by atoms with Gasteiger partial charge in [-0.1, -0.05) is 24.3 Å². The first-order chi connectivity index (χ1) is 7.19. The first-order valence-electron chi connectivity index (χ1n) is 4.83. The SMILES string of the molecule is COCc1ccc(C(C#N)N(C)C)cc1. The third-order valence-electron chi connectivity index (χ3n) is 2.25. The molecular weight excluding hydrogens is 188 g/mol. The maximum atomic E-state index is 9.01. The van der Waals surface area contributed by atoms with E-state index in [0.717, 1.165) is 11.1 Å². The van der Waals surface area contributed by atoms with Crippen molar-refractivity contribution in [3.8, 4) is 6.07 Å². The molecule has 0 aliphatic heterocycles. The van der Waals surface area contributed by atoms with Crippen molar-refractivity contribution in [3.05, 3.63) is 35.4 Å². The van der Waals surface area contributed by atoms with Crippen molar-refractivity contribution < 1.29 is 4.74 Å². The van der Waals surface area contributed by atoms with Gasteiger partial charge >= 0.3 is 0 Å². The lowest BCUT2D eigenvalue weighted by Gasteiger charge is -2.17. The van der Waals surface area contributed by atoms with Gasteiger partial charge in [-0.15, -0.1) is 0 Å². The second kappa shape index (κ2) is 5.50. The number of rotatable bonds is 4. The van der Waals surface area contributed by atoms with E-state index in [1.54, 1.807) is 7.11 Å². The Labute approximate surface area is 90.9 Å². The van der Waals surface area contributed by atoms with Gasteiger partial charge in [0, 0.05) is 7.11 Å². The summed E-state index contributed by atoms with van der Waals surface area (Å²) >= 11 is 0. The maximum absolute atomic E-state index is 9.01. The summed E-state index contributed by atoms with van der Waals surface area (Å²) in [6.45, 7) is 0.611. The van der Waals surface area contributed by atoms with Crippen molar-refractivity contribution in [2.45, 2.75) is 12.6 Å². The fourth-order valence-electron chi connectivity index (χ4n) is 1.45. The van der Waals surface area contributed by atoms with Gasteiger partial charge in [0.15, 0.2) is 0 Å². The van der Waals surface area contributed by atoms with E-state index >= 15 is 0 Å². The van der Waals surface area contributed by atoms with Crippen LogP contribution in [-0.2, 0) is 11.3 Å². The molecule has 15 heavy (non-hydrogen) atoms. The van der Waals surface area contributed by atoms with Gasteiger partial charge in [0.2, 0.25) is 0 Å². The molecule has 1 aromatic carbocycles. The molecule has 0 aromatic heterocycles. The second-order valence-electron chi connectivity index (χ2n) is 3.67. The van der Waals surface area contributed by atoms with E-state index in [4.69, 9.17) is 10.00 Å². The highest BCUT2D eigenvalue weighted by Crippen LogP contribution is 2.17. The van der Waals surface area contributed by atoms with Crippen LogP contribution in [0.25, 0.3) is 0 Å². The van der Waals surface area contributed by atoms with Gasteiger partial charge in [0.1, 0.15) is 6.04 Å². The zero-order valence-electron chi connectivity index (χ0n) is 9.40. The molecule has 0 spiro atoms. The predicted molar refractivity (Wildman–Crippen MR) is 59.2 cm³/mol. The summed E-state index contributed by atoms with van der Waals surface area (Å²) in [7, 11) is 5.47. The summed E-state index contributed by atoms with van der Waals surface area (Å²) in [5.41, 5.74) is 2.14. The van der Waals surface area contributed by atoms with Gasteiger partial charge in [-0.05, 0) is 25.2 Å². The van der Waals surface area contributed by atoms with E-state index in [1.165, 1.54) is 0 Å². The molecule has 80 valence electrons. The first-order valence-corrected chi connectivity index (χ1v) is 4.83. The van der Waals surface area contributed by atoms with E-state index in [-0.39, 0.29) is 6.04 Å². The zero-order chi connectivity index (χ0) is 11.3. The Bertz CT molecular complexity index is 338. The predicted octanol–water partition coefficient (Wildman–Crippen LogP) is 1.96. The maximum Gasteiger partial charge on any atom is 0.123 e. The van der Waals surface area contributed by atoms with Crippen molar-refractivity contribution in [1.29, 1.82) is 5.26 Å². The van der Waals surface area contributed by atoms with Gasteiger partial charge in [0.05, 0.1) is 12.7 Å². The van der Waals surface area contributed by atoms with E-state index < -0.39 is 0 Å². The first kappa shape index (κ1) is 11.7. The van der Waals surface area contributed by atoms with Crippen LogP contribution >= 0.6 is 0 Å². The van der Waals surface area contributed by atoms with Crippen LogP contribution in [0.15, 0.2) is 24.3 Å². The van der Waals surface area contributed by atoms with Crippen LogP contribution in [0.2, 0.25) is 0 Å². The third-order valence-corrected chi connectivity index (χ3v) is 2.25. The van der Waals surface area contributed by atoms with E-state index in [1.807, 2.05) is 43.3 Å². The molecule has 0 radical (unpaired) electrons. The van der Waals surface area contributed by atoms with Crippen molar-refractivity contribution in [2.24, 2.45) is 0 Å². The Morgan fingerprint density at radius 3 is 2.33 bits per heavy atom. The van der Waals surface area contributed by atoms with Crippen LogP contribution in [0.1, 0.15) is 17.2 Å². The molecular formula is C12H16N2O. The van der Waals surface area contributed by atoms with Crippen molar-refractivity contribution in [3.63, 3.8) is 0 Å². The van der Waals surface area contributed by atoms with Gasteiger partial charge in [-0.2, -0.15) is 5.26 Å². The number of nitriles is 1. The van der Waals surface area contributed by atoms with Crippen LogP contribution in [0.5, 0.6) is 0 Å². The number of ether oxygens (including phenoxy) is 1. The van der Waals surface area contributed by atoms with Crippen LogP contribution in [0.3, 0.4) is 0 Å². The summed E-state index contributed by atoms with van der Waals surface area (Å²) < 4.78 is 5.03. The van der Waals surface area contributed by atoms with Crippen molar-refractivity contribution in [1.82, 2.24) is 4.90 Å². The largest absolute Gasteiger partial charge is 0.380 e. The topological polar surface area (TPSA) is 36.3 Å². The molecule has 1 atom stereocenters. The number of hydrogen-bond acceptors (Lipinski definition) is 3. The Morgan fingerprint density at radius 2 is 1.93 bits per heavy atom. The smallest absolute Gasteiger partial charge is 0.123 e. The number of nitrogens with zero attached hydrogens (tertiary/aromatic N) is 2. The summed E-state index contributed by atoms with van der Waals surface area (Å²) in [5, 5.41) is 9.01. The van der Waals surface area contributed by atoms with E-state index in [2.05, 4.69) is 6.07 Å². The lowest BCUT2D eigenvalue weighted by Crippen LogP contribution is -2.18. The molecule has 0 heterocycles. The summed E-state index contributed by atoms with van der Waals surface area (Å²) in [6, 6.07) is 10.0. The highest BCUT2D eigenvalue weighted by atomic mass is 16.5. The zero-order valence-corrected chi connectivity index (χ0v) is 9.40. The summed E-state index contributed by atoms with van der Waals surface area (Å²) in [5.74, 6) is 0. The highest BCUT2D eigenvalue weighted by Gasteiger charge is 2.11. The molecule has 3 nitrogen and oxygen atoms in total. The fourth-order valence-corrected chi connectivity index (χ4v) is 1.45. The van der Waals surface area contributed by atoms with Crippen molar-refractivity contribution >= 4 is 0 Å². The van der Waals surface area contributed by atoms with Gasteiger partial charge in [-0.3, -0.25) is 4.90 Å². The molecule has 0 aliphatic rings. The van der Waals surface area contributed by atoms with Crippen LogP contribution in [0, 0.1) is 11.3 Å². The average Bonchev–Trinajstić information content (AvgIpc) is 2.21. The molecule has 0 saturated heterocycles. The number of hydrogen-bond donors (Lipinski definition) is 0.